The molecule has 0 N–H and O–H groups in total. The van der Waals surface area contributed by atoms with Gasteiger partial charge in [-0.15, -0.1) is 0 Å². The van der Waals surface area contributed by atoms with Crippen molar-refractivity contribution in [3.63, 3.8) is 0 Å². The number of fused-ring (bicyclic) bond motifs is 1. The van der Waals surface area contributed by atoms with Crippen LogP contribution in [0.5, 0.6) is 11.5 Å². The minimum atomic E-state index is -3.34. The lowest BCUT2D eigenvalue weighted by molar-refractivity contribution is 0.181. The number of anilines is 1. The molecule has 1 saturated heterocycles. The molecule has 38 heavy (non-hydrogen) atoms. The Labute approximate surface area is 219 Å². The molecule has 0 bridgehead atoms. The molecule has 1 unspecified atom stereocenters. The molecular formula is C26H28F2N4O5S. The van der Waals surface area contributed by atoms with Gasteiger partial charge in [0.15, 0.2) is 0 Å². The third-order valence-corrected chi connectivity index (χ3v) is 8.24. The highest BCUT2D eigenvalue weighted by atomic mass is 32.2. The fraction of sp³-hybridized carbons (Fsp3) is 0.385. The standard InChI is InChI=1S/C26H28F2N4O5S/c1-36-22-5-3-17-4-6-23(12-18(17)11-22)37-25-24(30-7-9-31(10-8-30)38(2,34)35)16-29-32(26(25)33)21-14-19(27)13-20(28)15-21/h3,5,11,13-16,23H,4,6-10,12H2,1-2H3. The van der Waals surface area contributed by atoms with E-state index in [0.717, 1.165) is 46.9 Å². The summed E-state index contributed by atoms with van der Waals surface area (Å²) in [4.78, 5) is 15.5. The molecule has 9 nitrogen and oxygen atoms in total. The number of nitrogens with zero attached hydrogens (tertiary/aromatic N) is 4. The summed E-state index contributed by atoms with van der Waals surface area (Å²) in [6.07, 6.45) is 4.21. The van der Waals surface area contributed by atoms with Gasteiger partial charge in [-0.25, -0.2) is 17.2 Å². The molecule has 2 aliphatic rings. The molecular weight excluding hydrogens is 518 g/mol. The second-order valence-electron chi connectivity index (χ2n) is 9.47. The van der Waals surface area contributed by atoms with Crippen molar-refractivity contribution in [2.75, 3.05) is 44.4 Å². The van der Waals surface area contributed by atoms with E-state index in [-0.39, 0.29) is 30.6 Å². The number of halogens is 2. The number of methoxy groups -OCH3 is 1. The van der Waals surface area contributed by atoms with Crippen LogP contribution >= 0.6 is 0 Å². The second-order valence-corrected chi connectivity index (χ2v) is 11.5. The zero-order valence-corrected chi connectivity index (χ0v) is 21.9. The van der Waals surface area contributed by atoms with E-state index in [4.69, 9.17) is 9.47 Å². The normalized spacial score (nSPS) is 18.2. The van der Waals surface area contributed by atoms with E-state index >= 15 is 0 Å². The molecule has 0 spiro atoms. The Bertz CT molecular complexity index is 1500. The third kappa shape index (κ3) is 5.37. The zero-order valence-electron chi connectivity index (χ0n) is 21.1. The van der Waals surface area contributed by atoms with Crippen LogP contribution in [0.1, 0.15) is 17.5 Å². The maximum absolute atomic E-state index is 13.9. The molecule has 0 radical (unpaired) electrons. The molecule has 0 amide bonds. The summed E-state index contributed by atoms with van der Waals surface area (Å²) < 4.78 is 65.8. The van der Waals surface area contributed by atoms with Gasteiger partial charge in [0.2, 0.25) is 15.8 Å². The van der Waals surface area contributed by atoms with Crippen molar-refractivity contribution >= 4 is 15.7 Å². The Kier molecular flexibility index (Phi) is 7.10. The third-order valence-electron chi connectivity index (χ3n) is 6.94. The van der Waals surface area contributed by atoms with E-state index < -0.39 is 27.2 Å². The lowest BCUT2D eigenvalue weighted by Crippen LogP contribution is -2.49. The number of aryl methyl sites for hydroxylation is 1. The van der Waals surface area contributed by atoms with Crippen molar-refractivity contribution in [3.8, 4) is 17.2 Å². The highest BCUT2D eigenvalue weighted by molar-refractivity contribution is 7.88. The Balaban J connectivity index is 1.51. The van der Waals surface area contributed by atoms with Gasteiger partial charge in [-0.3, -0.25) is 4.79 Å². The summed E-state index contributed by atoms with van der Waals surface area (Å²) >= 11 is 0. The SMILES string of the molecule is COc1ccc2c(c1)CC(Oc1c(N3CCN(S(C)(=O)=O)CC3)cnn(-c3cc(F)cc(F)c3)c1=O)CC2. The van der Waals surface area contributed by atoms with E-state index in [1.807, 2.05) is 23.1 Å². The number of aromatic nitrogens is 2. The lowest BCUT2D eigenvalue weighted by atomic mass is 9.89. The Morgan fingerprint density at radius 1 is 1.00 bits per heavy atom. The largest absolute Gasteiger partial charge is 0.497 e. The molecule has 1 aliphatic heterocycles. The predicted molar refractivity (Wildman–Crippen MR) is 138 cm³/mol. The van der Waals surface area contributed by atoms with Gasteiger partial charge in [0, 0.05) is 38.7 Å². The van der Waals surface area contributed by atoms with Crippen molar-refractivity contribution in [1.82, 2.24) is 14.1 Å². The van der Waals surface area contributed by atoms with E-state index in [1.54, 1.807) is 7.11 Å². The first-order valence-electron chi connectivity index (χ1n) is 12.2. The minimum absolute atomic E-state index is 0.00817. The first-order valence-corrected chi connectivity index (χ1v) is 14.1. The van der Waals surface area contributed by atoms with Crippen molar-refractivity contribution in [3.05, 3.63) is 75.7 Å². The van der Waals surface area contributed by atoms with Crippen LogP contribution in [0.2, 0.25) is 0 Å². The highest BCUT2D eigenvalue weighted by Gasteiger charge is 2.29. The fourth-order valence-corrected chi connectivity index (χ4v) is 5.79. The quantitative estimate of drug-likeness (QED) is 0.469. The van der Waals surface area contributed by atoms with Crippen molar-refractivity contribution in [1.29, 1.82) is 0 Å². The summed E-state index contributed by atoms with van der Waals surface area (Å²) in [5.41, 5.74) is 1.93. The first kappa shape index (κ1) is 26.1. The molecule has 5 rings (SSSR count). The molecule has 1 aromatic heterocycles. The number of hydrogen-bond acceptors (Lipinski definition) is 7. The van der Waals surface area contributed by atoms with Crippen LogP contribution in [0.3, 0.4) is 0 Å². The number of piperazine rings is 1. The number of ether oxygens (including phenoxy) is 2. The lowest BCUT2D eigenvalue weighted by Gasteiger charge is -2.35. The van der Waals surface area contributed by atoms with Gasteiger partial charge in [-0.2, -0.15) is 14.1 Å². The van der Waals surface area contributed by atoms with E-state index in [9.17, 15) is 22.0 Å². The van der Waals surface area contributed by atoms with E-state index in [1.165, 1.54) is 16.1 Å². The van der Waals surface area contributed by atoms with E-state index in [0.29, 0.717) is 31.6 Å². The van der Waals surface area contributed by atoms with Crippen molar-refractivity contribution in [2.45, 2.75) is 25.4 Å². The molecule has 1 atom stereocenters. The highest BCUT2D eigenvalue weighted by Crippen LogP contribution is 2.31. The van der Waals surface area contributed by atoms with Crippen LogP contribution in [-0.4, -0.2) is 68.2 Å². The molecule has 2 aromatic carbocycles. The van der Waals surface area contributed by atoms with Gasteiger partial charge in [-0.05, 0) is 48.2 Å². The molecule has 3 aromatic rings. The van der Waals surface area contributed by atoms with Crippen LogP contribution in [0.15, 0.2) is 47.4 Å². The smallest absolute Gasteiger partial charge is 0.316 e. The molecule has 0 saturated carbocycles. The first-order chi connectivity index (χ1) is 18.1. The maximum Gasteiger partial charge on any atom is 0.316 e. The predicted octanol–water partition coefficient (Wildman–Crippen LogP) is 2.54. The average Bonchev–Trinajstić information content (AvgIpc) is 2.88. The molecule has 12 heteroatoms. The van der Waals surface area contributed by atoms with E-state index in [2.05, 4.69) is 5.10 Å². The molecule has 1 fully saturated rings. The van der Waals surface area contributed by atoms with Gasteiger partial charge >= 0.3 is 5.56 Å². The number of rotatable bonds is 6. The van der Waals surface area contributed by atoms with Crippen LogP contribution < -0.4 is 19.9 Å². The Hall–Kier alpha value is -3.51. The van der Waals surface area contributed by atoms with Crippen molar-refractivity contribution < 1.29 is 26.7 Å². The Morgan fingerprint density at radius 3 is 2.37 bits per heavy atom. The van der Waals surface area contributed by atoms with Crippen LogP contribution in [0.4, 0.5) is 14.5 Å². The summed E-state index contributed by atoms with van der Waals surface area (Å²) in [7, 11) is -1.74. The number of benzene rings is 2. The van der Waals surface area contributed by atoms with Gasteiger partial charge in [0.25, 0.3) is 0 Å². The van der Waals surface area contributed by atoms with Gasteiger partial charge < -0.3 is 14.4 Å². The Morgan fingerprint density at radius 2 is 1.71 bits per heavy atom. The maximum atomic E-state index is 13.9. The second kappa shape index (κ2) is 10.3. The molecule has 2 heterocycles. The van der Waals surface area contributed by atoms with Gasteiger partial charge in [0.1, 0.15) is 29.2 Å². The molecule has 202 valence electrons. The van der Waals surface area contributed by atoms with Crippen LogP contribution in [0, 0.1) is 11.6 Å². The fourth-order valence-electron chi connectivity index (χ4n) is 4.97. The summed E-state index contributed by atoms with van der Waals surface area (Å²) in [6, 6.07) is 8.65. The minimum Gasteiger partial charge on any atom is -0.497 e. The summed E-state index contributed by atoms with van der Waals surface area (Å²) in [5, 5.41) is 4.19. The zero-order chi connectivity index (χ0) is 27.0. The number of sulfonamides is 1. The number of hydrogen-bond donors (Lipinski definition) is 0. The van der Waals surface area contributed by atoms with Crippen molar-refractivity contribution in [2.24, 2.45) is 0 Å². The topological polar surface area (TPSA) is 94.0 Å². The average molecular weight is 547 g/mol. The molecule has 1 aliphatic carbocycles. The van der Waals surface area contributed by atoms with Gasteiger partial charge in [-0.1, -0.05) is 6.07 Å². The summed E-state index contributed by atoms with van der Waals surface area (Å²) in [6.45, 7) is 1.14. The van der Waals surface area contributed by atoms with Crippen LogP contribution in [0.25, 0.3) is 5.69 Å². The van der Waals surface area contributed by atoms with Crippen LogP contribution in [-0.2, 0) is 22.9 Å². The van der Waals surface area contributed by atoms with Gasteiger partial charge in [0.05, 0.1) is 25.2 Å². The summed E-state index contributed by atoms with van der Waals surface area (Å²) in [5.74, 6) is -0.938. The monoisotopic (exact) mass is 546 g/mol.